The summed E-state index contributed by atoms with van der Waals surface area (Å²) in [5.41, 5.74) is 2.40. The van der Waals surface area contributed by atoms with Gasteiger partial charge in [0.1, 0.15) is 12.1 Å². The van der Waals surface area contributed by atoms with Gasteiger partial charge in [-0.1, -0.05) is 6.57 Å². The average Bonchev–Trinajstić information content (AvgIpc) is 3.27. The topological polar surface area (TPSA) is 73.5 Å². The average molecular weight is 347 g/mol. The van der Waals surface area contributed by atoms with E-state index in [-0.39, 0.29) is 6.79 Å². The van der Waals surface area contributed by atoms with Crippen molar-refractivity contribution in [3.05, 3.63) is 48.1 Å². The molecule has 1 aliphatic rings. The highest BCUT2D eigenvalue weighted by atomic mass is 32.1. The first-order chi connectivity index (χ1) is 12.3. The molecule has 3 heterocycles. The van der Waals surface area contributed by atoms with Gasteiger partial charge >= 0.3 is 5.13 Å². The van der Waals surface area contributed by atoms with Crippen LogP contribution in [-0.4, -0.2) is 21.7 Å². The molecule has 7 nitrogen and oxygen atoms in total. The third-order valence-electron chi connectivity index (χ3n) is 3.88. The van der Waals surface area contributed by atoms with Gasteiger partial charge in [-0.25, -0.2) is 9.97 Å². The molecule has 0 aliphatic carbocycles. The Hall–Kier alpha value is -3.44. The van der Waals surface area contributed by atoms with Crippen LogP contribution < -0.4 is 14.8 Å². The van der Waals surface area contributed by atoms with E-state index in [2.05, 4.69) is 25.1 Å². The van der Waals surface area contributed by atoms with Crippen molar-refractivity contribution >= 4 is 49.1 Å². The normalized spacial score (nSPS) is 12.4. The Morgan fingerprint density at radius 1 is 1.08 bits per heavy atom. The molecule has 2 aromatic heterocycles. The summed E-state index contributed by atoms with van der Waals surface area (Å²) in [4.78, 5) is 16.5. The molecule has 8 heteroatoms. The molecule has 120 valence electrons. The predicted molar refractivity (Wildman–Crippen MR) is 94.8 cm³/mol. The van der Waals surface area contributed by atoms with Crippen LogP contribution in [0, 0.1) is 6.57 Å². The maximum atomic E-state index is 7.19. The minimum Gasteiger partial charge on any atom is -0.454 e. The Labute approximate surface area is 145 Å². The maximum absolute atomic E-state index is 7.19. The molecule has 0 radical (unpaired) electrons. The SMILES string of the molecule is [C-]#[N+]c1nc2ccc3ncnc(Nc4ccc5c(c4)OCO5)c3c2s1. The van der Waals surface area contributed by atoms with Crippen LogP contribution in [0.3, 0.4) is 0 Å². The number of thiazole rings is 1. The quantitative estimate of drug-likeness (QED) is 0.546. The lowest BCUT2D eigenvalue weighted by molar-refractivity contribution is 0.174. The van der Waals surface area contributed by atoms with E-state index in [0.29, 0.717) is 16.7 Å². The number of hydrogen-bond donors (Lipinski definition) is 1. The van der Waals surface area contributed by atoms with Gasteiger partial charge in [0.2, 0.25) is 6.79 Å². The van der Waals surface area contributed by atoms with Gasteiger partial charge in [-0.2, -0.15) is 0 Å². The highest BCUT2D eigenvalue weighted by molar-refractivity contribution is 7.23. The number of benzene rings is 2. The lowest BCUT2D eigenvalue weighted by atomic mass is 10.2. The molecule has 25 heavy (non-hydrogen) atoms. The number of anilines is 2. The van der Waals surface area contributed by atoms with Gasteiger partial charge in [-0.05, 0) is 24.3 Å². The van der Waals surface area contributed by atoms with Gasteiger partial charge in [-0.3, -0.25) is 0 Å². The largest absolute Gasteiger partial charge is 0.454 e. The van der Waals surface area contributed by atoms with E-state index in [9.17, 15) is 0 Å². The fourth-order valence-electron chi connectivity index (χ4n) is 2.77. The smallest absolute Gasteiger partial charge is 0.330 e. The van der Waals surface area contributed by atoms with Crippen molar-refractivity contribution in [1.29, 1.82) is 0 Å². The number of hydrogen-bond acceptors (Lipinski definition) is 7. The number of aromatic nitrogens is 3. The van der Waals surface area contributed by atoms with Gasteiger partial charge < -0.3 is 19.6 Å². The molecular formula is C17H9N5O2S. The van der Waals surface area contributed by atoms with E-state index in [4.69, 9.17) is 16.0 Å². The Balaban J connectivity index is 1.68. The van der Waals surface area contributed by atoms with Crippen molar-refractivity contribution in [2.75, 3.05) is 12.1 Å². The van der Waals surface area contributed by atoms with E-state index in [1.807, 2.05) is 30.3 Å². The van der Waals surface area contributed by atoms with E-state index in [1.165, 1.54) is 17.7 Å². The molecule has 1 N–H and O–H groups in total. The molecule has 0 saturated carbocycles. The van der Waals surface area contributed by atoms with Crippen LogP contribution in [0.5, 0.6) is 11.5 Å². The second-order valence-corrected chi connectivity index (χ2v) is 6.31. The summed E-state index contributed by atoms with van der Waals surface area (Å²) in [6, 6.07) is 9.39. The second kappa shape index (κ2) is 5.29. The van der Waals surface area contributed by atoms with Crippen molar-refractivity contribution in [1.82, 2.24) is 15.0 Å². The molecule has 0 amide bonds. The lowest BCUT2D eigenvalue weighted by Crippen LogP contribution is -1.96. The highest BCUT2D eigenvalue weighted by Gasteiger charge is 2.16. The summed E-state index contributed by atoms with van der Waals surface area (Å²) in [6.07, 6.45) is 1.51. The van der Waals surface area contributed by atoms with Crippen molar-refractivity contribution in [3.63, 3.8) is 0 Å². The monoisotopic (exact) mass is 347 g/mol. The zero-order valence-electron chi connectivity index (χ0n) is 12.7. The minimum absolute atomic E-state index is 0.232. The maximum Gasteiger partial charge on any atom is 0.330 e. The Morgan fingerprint density at radius 3 is 2.88 bits per heavy atom. The molecular weight excluding hydrogens is 338 g/mol. The first-order valence-electron chi connectivity index (χ1n) is 7.40. The van der Waals surface area contributed by atoms with Crippen LogP contribution in [0.4, 0.5) is 16.6 Å². The summed E-state index contributed by atoms with van der Waals surface area (Å²) in [6.45, 7) is 7.42. The molecule has 0 bridgehead atoms. The number of rotatable bonds is 2. The molecule has 0 fully saturated rings. The molecule has 2 aromatic carbocycles. The zero-order chi connectivity index (χ0) is 16.8. The fraction of sp³-hybridized carbons (Fsp3) is 0.0588. The van der Waals surface area contributed by atoms with Gasteiger partial charge in [0, 0.05) is 11.8 Å². The number of nitrogens with zero attached hydrogens (tertiary/aromatic N) is 4. The highest BCUT2D eigenvalue weighted by Crippen LogP contribution is 2.38. The van der Waals surface area contributed by atoms with Gasteiger partial charge in [0.25, 0.3) is 0 Å². The van der Waals surface area contributed by atoms with Crippen LogP contribution in [0.15, 0.2) is 36.7 Å². The van der Waals surface area contributed by atoms with E-state index < -0.39 is 0 Å². The Morgan fingerprint density at radius 2 is 1.96 bits per heavy atom. The molecule has 5 rings (SSSR count). The summed E-state index contributed by atoms with van der Waals surface area (Å²) in [5, 5.41) is 4.57. The molecule has 0 saturated heterocycles. The fourth-order valence-corrected chi connectivity index (χ4v) is 3.67. The van der Waals surface area contributed by atoms with Crippen molar-refractivity contribution < 1.29 is 9.47 Å². The van der Waals surface area contributed by atoms with Crippen LogP contribution in [0.25, 0.3) is 26.0 Å². The molecule has 4 aromatic rings. The Kier molecular flexibility index (Phi) is 2.95. The van der Waals surface area contributed by atoms with Crippen LogP contribution in [0.1, 0.15) is 0 Å². The van der Waals surface area contributed by atoms with Gasteiger partial charge in [0.15, 0.2) is 17.0 Å². The van der Waals surface area contributed by atoms with Gasteiger partial charge in [0.05, 0.1) is 15.6 Å². The van der Waals surface area contributed by atoms with Crippen molar-refractivity contribution in [2.45, 2.75) is 0 Å². The number of ether oxygens (including phenoxy) is 2. The number of nitrogens with one attached hydrogen (secondary N) is 1. The van der Waals surface area contributed by atoms with E-state index >= 15 is 0 Å². The predicted octanol–water partition coefficient (Wildman–Crippen LogP) is 4.26. The molecule has 0 atom stereocenters. The van der Waals surface area contributed by atoms with Crippen molar-refractivity contribution in [3.8, 4) is 11.5 Å². The summed E-state index contributed by atoms with van der Waals surface area (Å²) in [7, 11) is 0. The van der Waals surface area contributed by atoms with E-state index in [0.717, 1.165) is 32.6 Å². The molecule has 0 unspecified atom stereocenters. The summed E-state index contributed by atoms with van der Waals surface area (Å²) < 4.78 is 11.6. The zero-order valence-corrected chi connectivity index (χ0v) is 13.5. The standard InChI is InChI=1S/C17H9N5O2S/c1-18-17-22-11-4-3-10-14(15(11)25-17)16(20-7-19-10)21-9-2-5-12-13(6-9)24-8-23-12/h2-7H,8H2,(H,19,20,21). The van der Waals surface area contributed by atoms with E-state index in [1.54, 1.807) is 0 Å². The lowest BCUT2D eigenvalue weighted by Gasteiger charge is -2.09. The van der Waals surface area contributed by atoms with Crippen LogP contribution in [0.2, 0.25) is 0 Å². The molecule has 0 spiro atoms. The Bertz CT molecular complexity index is 1180. The van der Waals surface area contributed by atoms with Gasteiger partial charge in [-0.15, -0.1) is 16.3 Å². The molecule has 1 aliphatic heterocycles. The third kappa shape index (κ3) is 2.21. The second-order valence-electron chi connectivity index (χ2n) is 5.33. The van der Waals surface area contributed by atoms with Crippen molar-refractivity contribution in [2.24, 2.45) is 0 Å². The van der Waals surface area contributed by atoms with Crippen LogP contribution in [-0.2, 0) is 0 Å². The third-order valence-corrected chi connectivity index (χ3v) is 4.86. The summed E-state index contributed by atoms with van der Waals surface area (Å²) >= 11 is 1.34. The van der Waals surface area contributed by atoms with Crippen LogP contribution >= 0.6 is 11.3 Å². The minimum atomic E-state index is 0.232. The number of fused-ring (bicyclic) bond motifs is 4. The first-order valence-corrected chi connectivity index (χ1v) is 8.22. The summed E-state index contributed by atoms with van der Waals surface area (Å²) in [5.74, 6) is 2.08. The first kappa shape index (κ1) is 13.9.